The van der Waals surface area contributed by atoms with Gasteiger partial charge in [0, 0.05) is 6.54 Å². The zero-order valence-corrected chi connectivity index (χ0v) is 16.6. The van der Waals surface area contributed by atoms with Crippen LogP contribution >= 0.6 is 0 Å². The van der Waals surface area contributed by atoms with E-state index in [2.05, 4.69) is 20.4 Å². The first-order chi connectivity index (χ1) is 13.6. The molecule has 6 nitrogen and oxygen atoms in total. The van der Waals surface area contributed by atoms with Gasteiger partial charge in [-0.05, 0) is 50.6 Å². The standard InChI is InChI=1S/C20H26F3N3O3/c1-4-24-18(26-12-19(3,27)17-10-5-14(2)29-17)25-11-15-6-8-16(9-7-15)28-13-20(21,22)23/h5-10,27H,4,11-13H2,1-3H3,(H2,24,25,26). The van der Waals surface area contributed by atoms with Crippen molar-refractivity contribution in [3.05, 3.63) is 53.5 Å². The van der Waals surface area contributed by atoms with E-state index in [-0.39, 0.29) is 12.3 Å². The zero-order chi connectivity index (χ0) is 21.5. The molecule has 0 amide bonds. The van der Waals surface area contributed by atoms with E-state index >= 15 is 0 Å². The summed E-state index contributed by atoms with van der Waals surface area (Å²) in [7, 11) is 0. The maximum Gasteiger partial charge on any atom is 0.422 e. The molecule has 3 N–H and O–H groups in total. The van der Waals surface area contributed by atoms with Gasteiger partial charge in [-0.2, -0.15) is 13.2 Å². The molecule has 1 aromatic carbocycles. The van der Waals surface area contributed by atoms with Crippen LogP contribution in [0, 0.1) is 6.92 Å². The molecule has 0 spiro atoms. The van der Waals surface area contributed by atoms with Crippen LogP contribution in [0.25, 0.3) is 0 Å². The van der Waals surface area contributed by atoms with Gasteiger partial charge in [-0.25, -0.2) is 4.99 Å². The Morgan fingerprint density at radius 1 is 1.14 bits per heavy atom. The lowest BCUT2D eigenvalue weighted by molar-refractivity contribution is -0.153. The van der Waals surface area contributed by atoms with Crippen molar-refractivity contribution in [1.82, 2.24) is 10.6 Å². The number of hydrogen-bond donors (Lipinski definition) is 3. The minimum absolute atomic E-state index is 0.143. The van der Waals surface area contributed by atoms with Crippen LogP contribution in [0.3, 0.4) is 0 Å². The van der Waals surface area contributed by atoms with Gasteiger partial charge in [0.2, 0.25) is 0 Å². The maximum absolute atomic E-state index is 12.2. The summed E-state index contributed by atoms with van der Waals surface area (Å²) in [5.41, 5.74) is -0.419. The van der Waals surface area contributed by atoms with E-state index in [9.17, 15) is 18.3 Å². The Morgan fingerprint density at radius 2 is 1.83 bits per heavy atom. The summed E-state index contributed by atoms with van der Waals surface area (Å²) in [5, 5.41) is 16.8. The van der Waals surface area contributed by atoms with Gasteiger partial charge in [0.05, 0.1) is 13.1 Å². The first-order valence-corrected chi connectivity index (χ1v) is 9.19. The molecule has 0 saturated heterocycles. The number of aliphatic hydroxyl groups is 1. The molecule has 0 radical (unpaired) electrons. The molecule has 1 atom stereocenters. The third kappa shape index (κ3) is 7.69. The Bertz CT molecular complexity index is 799. The molecule has 1 unspecified atom stereocenters. The Hall–Kier alpha value is -2.68. The molecule has 1 heterocycles. The third-order valence-electron chi connectivity index (χ3n) is 3.96. The Labute approximate surface area is 167 Å². The van der Waals surface area contributed by atoms with Crippen molar-refractivity contribution in [3.8, 4) is 5.75 Å². The van der Waals surface area contributed by atoms with Crippen LogP contribution in [-0.2, 0) is 12.1 Å². The smallest absolute Gasteiger partial charge is 0.422 e. The van der Waals surface area contributed by atoms with Crippen LogP contribution in [-0.4, -0.2) is 36.9 Å². The highest BCUT2D eigenvalue weighted by atomic mass is 19.4. The fourth-order valence-corrected chi connectivity index (χ4v) is 2.44. The second kappa shape index (κ2) is 9.69. The summed E-state index contributed by atoms with van der Waals surface area (Å²) in [5.74, 6) is 1.80. The van der Waals surface area contributed by atoms with Crippen LogP contribution in [0.1, 0.15) is 30.9 Å². The van der Waals surface area contributed by atoms with E-state index in [1.54, 1.807) is 38.1 Å². The highest BCUT2D eigenvalue weighted by molar-refractivity contribution is 5.79. The SMILES string of the molecule is CCNC(=NCc1ccc(OCC(F)(F)F)cc1)NCC(C)(O)c1ccc(C)o1. The molecule has 0 aliphatic carbocycles. The summed E-state index contributed by atoms with van der Waals surface area (Å²) in [6.45, 7) is 5.14. The van der Waals surface area contributed by atoms with Crippen LogP contribution < -0.4 is 15.4 Å². The van der Waals surface area contributed by atoms with Crippen molar-refractivity contribution < 1.29 is 27.4 Å². The first-order valence-electron chi connectivity index (χ1n) is 9.19. The van der Waals surface area contributed by atoms with Crippen LogP contribution in [0.4, 0.5) is 13.2 Å². The van der Waals surface area contributed by atoms with Gasteiger partial charge in [-0.1, -0.05) is 12.1 Å². The summed E-state index contributed by atoms with van der Waals surface area (Å²) in [6, 6.07) is 9.76. The molecule has 2 rings (SSSR count). The predicted octanol–water partition coefficient (Wildman–Crippen LogP) is 3.49. The maximum atomic E-state index is 12.2. The minimum Gasteiger partial charge on any atom is -0.484 e. The van der Waals surface area contributed by atoms with Crippen molar-refractivity contribution in [1.29, 1.82) is 0 Å². The number of aliphatic imine (C=N–C) groups is 1. The molecule has 1 aromatic heterocycles. The lowest BCUT2D eigenvalue weighted by Crippen LogP contribution is -2.44. The molecule has 2 aromatic rings. The van der Waals surface area contributed by atoms with E-state index in [1.807, 2.05) is 6.92 Å². The number of rotatable bonds is 8. The van der Waals surface area contributed by atoms with Gasteiger partial charge in [0.1, 0.15) is 22.9 Å². The number of aryl methyl sites for hydroxylation is 1. The van der Waals surface area contributed by atoms with E-state index in [0.29, 0.717) is 30.6 Å². The molecule has 0 saturated carbocycles. The lowest BCUT2D eigenvalue weighted by atomic mass is 10.0. The number of ether oxygens (including phenoxy) is 1. The van der Waals surface area contributed by atoms with E-state index in [4.69, 9.17) is 4.42 Å². The largest absolute Gasteiger partial charge is 0.484 e. The van der Waals surface area contributed by atoms with Crippen LogP contribution in [0.5, 0.6) is 5.75 Å². The fraction of sp³-hybridized carbons (Fsp3) is 0.450. The van der Waals surface area contributed by atoms with Crippen molar-refractivity contribution in [2.24, 2.45) is 4.99 Å². The molecule has 160 valence electrons. The fourth-order valence-electron chi connectivity index (χ4n) is 2.44. The predicted molar refractivity (Wildman–Crippen MR) is 104 cm³/mol. The Morgan fingerprint density at radius 3 is 2.38 bits per heavy atom. The van der Waals surface area contributed by atoms with Crippen molar-refractivity contribution in [3.63, 3.8) is 0 Å². The number of nitrogens with zero attached hydrogens (tertiary/aromatic N) is 1. The number of benzene rings is 1. The van der Waals surface area contributed by atoms with E-state index < -0.39 is 18.4 Å². The molecule has 0 fully saturated rings. The van der Waals surface area contributed by atoms with Gasteiger partial charge in [0.15, 0.2) is 12.6 Å². The Balaban J connectivity index is 1.94. The normalized spacial score (nSPS) is 14.4. The van der Waals surface area contributed by atoms with Gasteiger partial charge in [0.25, 0.3) is 0 Å². The molecule has 0 bridgehead atoms. The second-order valence-electron chi connectivity index (χ2n) is 6.78. The highest BCUT2D eigenvalue weighted by Crippen LogP contribution is 2.22. The lowest BCUT2D eigenvalue weighted by Gasteiger charge is -2.22. The molecular weight excluding hydrogens is 387 g/mol. The average molecular weight is 413 g/mol. The number of hydrogen-bond acceptors (Lipinski definition) is 4. The number of alkyl halides is 3. The summed E-state index contributed by atoms with van der Waals surface area (Å²) >= 11 is 0. The molecule has 0 aliphatic rings. The van der Waals surface area contributed by atoms with Gasteiger partial charge in [-0.15, -0.1) is 0 Å². The first kappa shape index (κ1) is 22.6. The third-order valence-corrected chi connectivity index (χ3v) is 3.96. The van der Waals surface area contributed by atoms with Gasteiger partial charge < -0.3 is 24.9 Å². The number of furan rings is 1. The van der Waals surface area contributed by atoms with E-state index in [0.717, 1.165) is 5.56 Å². The summed E-state index contributed by atoms with van der Waals surface area (Å²) in [6.07, 6.45) is -4.37. The van der Waals surface area contributed by atoms with E-state index in [1.165, 1.54) is 12.1 Å². The molecule has 29 heavy (non-hydrogen) atoms. The number of nitrogens with one attached hydrogen (secondary N) is 2. The number of guanidine groups is 1. The zero-order valence-electron chi connectivity index (χ0n) is 16.6. The minimum atomic E-state index is -4.37. The average Bonchev–Trinajstić information content (AvgIpc) is 3.10. The highest BCUT2D eigenvalue weighted by Gasteiger charge is 2.28. The summed E-state index contributed by atoms with van der Waals surface area (Å²) in [4.78, 5) is 4.43. The second-order valence-corrected chi connectivity index (χ2v) is 6.78. The molecule has 9 heteroatoms. The molecular formula is C20H26F3N3O3. The van der Waals surface area contributed by atoms with Crippen molar-refractivity contribution in [2.45, 2.75) is 39.1 Å². The number of halogens is 3. The van der Waals surface area contributed by atoms with Crippen LogP contribution in [0.15, 0.2) is 45.8 Å². The quantitative estimate of drug-likeness (QED) is 0.456. The Kier molecular flexibility index (Phi) is 7.55. The van der Waals surface area contributed by atoms with Crippen LogP contribution in [0.2, 0.25) is 0 Å². The topological polar surface area (TPSA) is 79.0 Å². The summed E-state index contributed by atoms with van der Waals surface area (Å²) < 4.78 is 46.7. The molecule has 0 aliphatic heterocycles. The van der Waals surface area contributed by atoms with Gasteiger partial charge >= 0.3 is 6.18 Å². The van der Waals surface area contributed by atoms with Crippen molar-refractivity contribution in [2.75, 3.05) is 19.7 Å². The van der Waals surface area contributed by atoms with Gasteiger partial charge in [-0.3, -0.25) is 0 Å². The monoisotopic (exact) mass is 413 g/mol. The van der Waals surface area contributed by atoms with Crippen molar-refractivity contribution >= 4 is 5.96 Å².